The Morgan fingerprint density at radius 3 is 2.79 bits per heavy atom. The summed E-state index contributed by atoms with van der Waals surface area (Å²) in [5.74, 6) is -0.242. The van der Waals surface area contributed by atoms with E-state index in [9.17, 15) is 15.2 Å². The van der Waals surface area contributed by atoms with Crippen LogP contribution in [0.25, 0.3) is 17.0 Å². The molecule has 2 N–H and O–H groups in total. The van der Waals surface area contributed by atoms with Crippen molar-refractivity contribution >= 4 is 22.8 Å². The van der Waals surface area contributed by atoms with Crippen LogP contribution in [0.2, 0.25) is 0 Å². The molecule has 0 spiro atoms. The van der Waals surface area contributed by atoms with Gasteiger partial charge in [0.1, 0.15) is 17.4 Å². The number of para-hydroxylation sites is 1. The van der Waals surface area contributed by atoms with E-state index in [2.05, 4.69) is 11.9 Å². The summed E-state index contributed by atoms with van der Waals surface area (Å²) in [6, 6.07) is 14.2. The van der Waals surface area contributed by atoms with Crippen molar-refractivity contribution in [3.05, 3.63) is 70.9 Å². The predicted molar refractivity (Wildman–Crippen MR) is 93.7 cm³/mol. The summed E-state index contributed by atoms with van der Waals surface area (Å²) in [5.41, 5.74) is 3.17. The van der Waals surface area contributed by atoms with E-state index < -0.39 is 0 Å². The monoisotopic (exact) mass is 316 g/mol. The minimum absolute atomic E-state index is 0.0309. The van der Waals surface area contributed by atoms with Gasteiger partial charge in [-0.2, -0.15) is 5.26 Å². The van der Waals surface area contributed by atoms with E-state index in [-0.39, 0.29) is 17.1 Å². The average molecular weight is 316 g/mol. The standard InChI is InChI=1S/C20H16N2O2/c1-2-14-6-4-8-17-18(12-22-19(14)17)20(24)15(11-21)9-13-5-3-7-16(23)10-13/h3-10,12,22-23H,2H2,1H3. The second-order valence-electron chi connectivity index (χ2n) is 5.49. The highest BCUT2D eigenvalue weighted by atomic mass is 16.3. The van der Waals surface area contributed by atoms with E-state index in [0.717, 1.165) is 22.9 Å². The molecule has 4 heteroatoms. The van der Waals surface area contributed by atoms with Gasteiger partial charge in [0.05, 0.1) is 0 Å². The highest BCUT2D eigenvalue weighted by Crippen LogP contribution is 2.25. The number of phenols is 1. The van der Waals surface area contributed by atoms with Crippen LogP contribution in [0.1, 0.15) is 28.4 Å². The number of H-pyrrole nitrogens is 1. The molecule has 1 aromatic heterocycles. The molecule has 0 atom stereocenters. The lowest BCUT2D eigenvalue weighted by atomic mass is 10.00. The van der Waals surface area contributed by atoms with Gasteiger partial charge in [-0.15, -0.1) is 0 Å². The molecule has 118 valence electrons. The van der Waals surface area contributed by atoms with Crippen LogP contribution in [0, 0.1) is 11.3 Å². The molecule has 1 heterocycles. The molecular formula is C20H16N2O2. The zero-order valence-corrected chi connectivity index (χ0v) is 13.2. The number of hydrogen-bond donors (Lipinski definition) is 2. The molecule has 0 saturated heterocycles. The van der Waals surface area contributed by atoms with Gasteiger partial charge in [0.15, 0.2) is 0 Å². The van der Waals surface area contributed by atoms with Crippen molar-refractivity contribution in [3.63, 3.8) is 0 Å². The van der Waals surface area contributed by atoms with Crippen LogP contribution in [0.4, 0.5) is 0 Å². The van der Waals surface area contributed by atoms with Crippen molar-refractivity contribution in [2.24, 2.45) is 0 Å². The summed E-state index contributed by atoms with van der Waals surface area (Å²) < 4.78 is 0. The smallest absolute Gasteiger partial charge is 0.205 e. The van der Waals surface area contributed by atoms with Crippen LogP contribution in [0.15, 0.2) is 54.2 Å². The Morgan fingerprint density at radius 2 is 2.08 bits per heavy atom. The molecule has 0 aliphatic carbocycles. The van der Waals surface area contributed by atoms with Crippen molar-refractivity contribution in [1.82, 2.24) is 4.98 Å². The Kier molecular flexibility index (Phi) is 4.17. The molecule has 0 aliphatic rings. The van der Waals surface area contributed by atoms with Gasteiger partial charge in [-0.1, -0.05) is 37.3 Å². The van der Waals surface area contributed by atoms with Crippen LogP contribution in [0.5, 0.6) is 5.75 Å². The lowest BCUT2D eigenvalue weighted by molar-refractivity contribution is 0.104. The first-order valence-electron chi connectivity index (χ1n) is 7.68. The third-order valence-electron chi connectivity index (χ3n) is 3.97. The normalized spacial score (nSPS) is 11.4. The highest BCUT2D eigenvalue weighted by Gasteiger charge is 2.17. The number of hydrogen-bond acceptors (Lipinski definition) is 3. The molecule has 0 aliphatic heterocycles. The van der Waals surface area contributed by atoms with E-state index in [0.29, 0.717) is 11.1 Å². The van der Waals surface area contributed by atoms with Crippen LogP contribution < -0.4 is 0 Å². The molecule has 0 saturated carbocycles. The second kappa shape index (κ2) is 6.43. The van der Waals surface area contributed by atoms with Crippen molar-refractivity contribution in [3.8, 4) is 11.8 Å². The number of fused-ring (bicyclic) bond motifs is 1. The lowest BCUT2D eigenvalue weighted by Crippen LogP contribution is -2.01. The molecule has 24 heavy (non-hydrogen) atoms. The first-order chi connectivity index (χ1) is 11.6. The van der Waals surface area contributed by atoms with Gasteiger partial charge >= 0.3 is 0 Å². The molecule has 3 aromatic rings. The number of aromatic amines is 1. The number of aryl methyl sites for hydroxylation is 1. The topological polar surface area (TPSA) is 76.9 Å². The van der Waals surface area contributed by atoms with Gasteiger partial charge in [0, 0.05) is 22.7 Å². The van der Waals surface area contributed by atoms with Crippen molar-refractivity contribution in [2.75, 3.05) is 0 Å². The number of carbonyl (C=O) groups excluding carboxylic acids is 1. The molecule has 0 unspecified atom stereocenters. The summed E-state index contributed by atoms with van der Waals surface area (Å²) in [6.45, 7) is 2.06. The lowest BCUT2D eigenvalue weighted by Gasteiger charge is -2.01. The molecule has 0 bridgehead atoms. The number of nitriles is 1. The number of allylic oxidation sites excluding steroid dienone is 1. The van der Waals surface area contributed by atoms with E-state index in [1.165, 1.54) is 18.2 Å². The Labute approximate surface area is 139 Å². The van der Waals surface area contributed by atoms with Crippen LogP contribution >= 0.6 is 0 Å². The number of carbonyl (C=O) groups is 1. The number of phenolic OH excluding ortho intramolecular Hbond substituents is 1. The fraction of sp³-hybridized carbons (Fsp3) is 0.100. The summed E-state index contributed by atoms with van der Waals surface area (Å²) in [6.07, 6.45) is 4.00. The molecule has 0 radical (unpaired) electrons. The maximum atomic E-state index is 12.8. The number of benzene rings is 2. The quantitative estimate of drug-likeness (QED) is 0.429. The summed E-state index contributed by atoms with van der Waals surface area (Å²) in [7, 11) is 0. The van der Waals surface area contributed by atoms with Gasteiger partial charge in [-0.25, -0.2) is 0 Å². The van der Waals surface area contributed by atoms with Crippen LogP contribution in [0.3, 0.4) is 0 Å². The minimum atomic E-state index is -0.333. The van der Waals surface area contributed by atoms with Crippen LogP contribution in [-0.2, 0) is 6.42 Å². The van der Waals surface area contributed by atoms with E-state index in [1.807, 2.05) is 24.3 Å². The predicted octanol–water partition coefficient (Wildman–Crippen LogP) is 4.23. The number of nitrogens with one attached hydrogen (secondary N) is 1. The van der Waals surface area contributed by atoms with Gasteiger partial charge < -0.3 is 10.1 Å². The van der Waals surface area contributed by atoms with E-state index >= 15 is 0 Å². The highest BCUT2D eigenvalue weighted by molar-refractivity contribution is 6.20. The van der Waals surface area contributed by atoms with Gasteiger partial charge in [0.2, 0.25) is 5.78 Å². The van der Waals surface area contributed by atoms with E-state index in [4.69, 9.17) is 0 Å². The number of nitrogens with zero attached hydrogens (tertiary/aromatic N) is 1. The Balaban J connectivity index is 2.06. The largest absolute Gasteiger partial charge is 0.508 e. The summed E-state index contributed by atoms with van der Waals surface area (Å²) in [4.78, 5) is 15.9. The fourth-order valence-corrected chi connectivity index (χ4v) is 2.77. The number of aromatic nitrogens is 1. The maximum absolute atomic E-state index is 12.8. The minimum Gasteiger partial charge on any atom is -0.508 e. The average Bonchev–Trinajstić information content (AvgIpc) is 3.03. The molecule has 4 nitrogen and oxygen atoms in total. The van der Waals surface area contributed by atoms with Crippen molar-refractivity contribution in [2.45, 2.75) is 13.3 Å². The zero-order valence-electron chi connectivity index (χ0n) is 13.2. The zero-order chi connectivity index (χ0) is 17.1. The van der Waals surface area contributed by atoms with Crippen molar-refractivity contribution < 1.29 is 9.90 Å². The molecule has 2 aromatic carbocycles. The summed E-state index contributed by atoms with van der Waals surface area (Å²) in [5, 5.41) is 19.7. The maximum Gasteiger partial charge on any atom is 0.205 e. The first kappa shape index (κ1) is 15.6. The van der Waals surface area contributed by atoms with Gasteiger partial charge in [0.25, 0.3) is 0 Å². The third-order valence-corrected chi connectivity index (χ3v) is 3.97. The van der Waals surface area contributed by atoms with Gasteiger partial charge in [-0.3, -0.25) is 4.79 Å². The number of aromatic hydroxyl groups is 1. The number of rotatable bonds is 4. The van der Waals surface area contributed by atoms with Crippen LogP contribution in [-0.4, -0.2) is 15.9 Å². The number of ketones is 1. The summed E-state index contributed by atoms with van der Waals surface area (Å²) >= 11 is 0. The van der Waals surface area contributed by atoms with E-state index in [1.54, 1.807) is 18.3 Å². The Bertz CT molecular complexity index is 990. The first-order valence-corrected chi connectivity index (χ1v) is 7.68. The Hall–Kier alpha value is -3.32. The molecule has 0 fully saturated rings. The second-order valence-corrected chi connectivity index (χ2v) is 5.49. The van der Waals surface area contributed by atoms with Crippen molar-refractivity contribution in [1.29, 1.82) is 5.26 Å². The Morgan fingerprint density at radius 1 is 1.29 bits per heavy atom. The molecule has 0 amide bonds. The molecule has 3 rings (SSSR count). The SMILES string of the molecule is CCc1cccc2c(C(=O)C(C#N)=Cc3cccc(O)c3)c[nH]c12. The third kappa shape index (κ3) is 2.80. The van der Waals surface area contributed by atoms with Gasteiger partial charge in [-0.05, 0) is 35.8 Å². The number of Topliss-reactive ketones (excluding diaryl/α,β-unsaturated/α-hetero) is 1. The molecular weight excluding hydrogens is 300 g/mol. The fourth-order valence-electron chi connectivity index (χ4n) is 2.77.